The number of aliphatic hydroxyl groups is 1. The summed E-state index contributed by atoms with van der Waals surface area (Å²) in [6, 6.07) is 17.0. The van der Waals surface area contributed by atoms with Crippen LogP contribution in [0.25, 0.3) is 0 Å². The van der Waals surface area contributed by atoms with Crippen LogP contribution in [0.15, 0.2) is 60.7 Å². The summed E-state index contributed by atoms with van der Waals surface area (Å²) in [5.74, 6) is -0.677. The molecule has 4 N–H and O–H groups in total. The largest absolute Gasteiger partial charge is 0.453 e. The summed E-state index contributed by atoms with van der Waals surface area (Å²) < 4.78 is 21.6. The molecule has 0 radical (unpaired) electrons. The van der Waals surface area contributed by atoms with Crippen molar-refractivity contribution in [3.63, 3.8) is 0 Å². The van der Waals surface area contributed by atoms with Gasteiger partial charge in [-0.2, -0.15) is 0 Å². The van der Waals surface area contributed by atoms with Gasteiger partial charge in [0.15, 0.2) is 6.29 Å². The van der Waals surface area contributed by atoms with Gasteiger partial charge in [-0.3, -0.25) is 4.79 Å². The van der Waals surface area contributed by atoms with Crippen molar-refractivity contribution < 1.29 is 38.4 Å². The lowest BCUT2D eigenvalue weighted by atomic mass is 9.93. The smallest absolute Gasteiger partial charge is 0.407 e. The van der Waals surface area contributed by atoms with Crippen LogP contribution in [-0.2, 0) is 36.6 Å². The van der Waals surface area contributed by atoms with Crippen molar-refractivity contribution >= 4 is 18.1 Å². The normalized spacial score (nSPS) is 22.1. The molecule has 0 aliphatic carbocycles. The van der Waals surface area contributed by atoms with E-state index in [1.165, 1.54) is 7.11 Å². The van der Waals surface area contributed by atoms with Gasteiger partial charge in [-0.25, -0.2) is 9.59 Å². The van der Waals surface area contributed by atoms with Crippen molar-refractivity contribution in [2.75, 3.05) is 20.3 Å². The summed E-state index contributed by atoms with van der Waals surface area (Å²) in [5.41, 5.74) is 1.88. The Morgan fingerprint density at radius 3 is 2.19 bits per heavy atom. The first-order chi connectivity index (χ1) is 20.7. The molecule has 2 heterocycles. The van der Waals surface area contributed by atoms with E-state index in [0.717, 1.165) is 17.5 Å². The van der Waals surface area contributed by atoms with E-state index < -0.39 is 48.4 Å². The van der Waals surface area contributed by atoms with Gasteiger partial charge in [0.1, 0.15) is 12.1 Å². The molecule has 3 amide bonds. The number of carbonyl (C=O) groups excluding carboxylic acids is 3. The maximum Gasteiger partial charge on any atom is 0.407 e. The molecular formula is C32H43N3O8. The Morgan fingerprint density at radius 2 is 1.56 bits per heavy atom. The number of nitrogens with one attached hydrogen (secondary N) is 3. The van der Waals surface area contributed by atoms with Crippen molar-refractivity contribution in [2.45, 2.75) is 76.2 Å². The zero-order valence-corrected chi connectivity index (χ0v) is 24.9. The van der Waals surface area contributed by atoms with E-state index in [4.69, 9.17) is 18.9 Å². The first-order valence-electron chi connectivity index (χ1n) is 14.8. The Balaban J connectivity index is 1.49. The van der Waals surface area contributed by atoms with E-state index in [0.29, 0.717) is 19.4 Å². The highest BCUT2D eigenvalue weighted by atomic mass is 16.7. The first-order valence-corrected chi connectivity index (χ1v) is 14.8. The molecule has 11 heteroatoms. The SMILES string of the molecule is COC(=O)N[C@H](C(=O)N[C@@H](Cc1ccccc1)[C@@H](O)C[C@H](Cc1ccccc1)NC(=O)O[C@H]1CO[C@H]2OCC[C@H]21)C(C)C. The molecule has 0 bridgehead atoms. The molecule has 2 aliphatic heterocycles. The third-order valence-corrected chi connectivity index (χ3v) is 7.91. The maximum absolute atomic E-state index is 13.4. The molecule has 43 heavy (non-hydrogen) atoms. The number of hydrogen-bond donors (Lipinski definition) is 4. The van der Waals surface area contributed by atoms with Gasteiger partial charge in [0.05, 0.1) is 38.4 Å². The maximum atomic E-state index is 13.4. The predicted molar refractivity (Wildman–Crippen MR) is 158 cm³/mol. The van der Waals surface area contributed by atoms with Crippen LogP contribution in [0.4, 0.5) is 9.59 Å². The molecule has 2 aromatic carbocycles. The highest BCUT2D eigenvalue weighted by molar-refractivity contribution is 5.86. The van der Waals surface area contributed by atoms with Crippen molar-refractivity contribution in [1.82, 2.24) is 16.0 Å². The van der Waals surface area contributed by atoms with Crippen LogP contribution in [0.2, 0.25) is 0 Å². The van der Waals surface area contributed by atoms with Crippen LogP contribution < -0.4 is 16.0 Å². The van der Waals surface area contributed by atoms with Crippen LogP contribution in [-0.4, -0.2) is 80.1 Å². The van der Waals surface area contributed by atoms with Gasteiger partial charge < -0.3 is 40.0 Å². The second-order valence-electron chi connectivity index (χ2n) is 11.5. The van der Waals surface area contributed by atoms with Gasteiger partial charge in [-0.05, 0) is 42.7 Å². The Morgan fingerprint density at radius 1 is 0.907 bits per heavy atom. The van der Waals surface area contributed by atoms with Gasteiger partial charge >= 0.3 is 12.2 Å². The Labute approximate surface area is 252 Å². The average Bonchev–Trinajstić information content (AvgIpc) is 3.61. The van der Waals surface area contributed by atoms with Crippen molar-refractivity contribution in [2.24, 2.45) is 11.8 Å². The quantitative estimate of drug-likeness (QED) is 0.276. The summed E-state index contributed by atoms with van der Waals surface area (Å²) in [6.07, 6.45) is -1.45. The first kappa shape index (κ1) is 32.2. The Bertz CT molecular complexity index is 1180. The highest BCUT2D eigenvalue weighted by Crippen LogP contribution is 2.33. The molecule has 11 nitrogen and oxygen atoms in total. The van der Waals surface area contributed by atoms with Crippen molar-refractivity contribution in [3.05, 3.63) is 71.8 Å². The summed E-state index contributed by atoms with van der Waals surface area (Å²) >= 11 is 0. The van der Waals surface area contributed by atoms with E-state index in [1.54, 1.807) is 0 Å². The predicted octanol–water partition coefficient (Wildman–Crippen LogP) is 2.94. The highest BCUT2D eigenvalue weighted by Gasteiger charge is 2.44. The molecule has 234 valence electrons. The fourth-order valence-electron chi connectivity index (χ4n) is 5.58. The van der Waals surface area contributed by atoms with E-state index in [1.807, 2.05) is 74.5 Å². The molecule has 2 saturated heterocycles. The molecule has 2 fully saturated rings. The summed E-state index contributed by atoms with van der Waals surface area (Å²) in [7, 11) is 1.23. The number of rotatable bonds is 13. The Kier molecular flexibility index (Phi) is 11.8. The van der Waals surface area contributed by atoms with Crippen molar-refractivity contribution in [3.8, 4) is 0 Å². The zero-order chi connectivity index (χ0) is 30.8. The van der Waals surface area contributed by atoms with E-state index in [-0.39, 0.29) is 31.2 Å². The number of carbonyl (C=O) groups is 3. The molecule has 0 spiro atoms. The molecule has 7 atom stereocenters. The number of amides is 3. The lowest BCUT2D eigenvalue weighted by molar-refractivity contribution is -0.125. The molecule has 0 saturated carbocycles. The zero-order valence-electron chi connectivity index (χ0n) is 24.9. The number of methoxy groups -OCH3 is 1. The molecule has 0 aromatic heterocycles. The number of ether oxygens (including phenoxy) is 4. The van der Waals surface area contributed by atoms with Crippen LogP contribution in [0.1, 0.15) is 37.8 Å². The summed E-state index contributed by atoms with van der Waals surface area (Å²) in [5, 5.41) is 20.1. The lowest BCUT2D eigenvalue weighted by Crippen LogP contribution is -2.55. The fraction of sp³-hybridized carbons (Fsp3) is 0.531. The van der Waals surface area contributed by atoms with Crippen molar-refractivity contribution in [1.29, 1.82) is 0 Å². The van der Waals surface area contributed by atoms with Gasteiger partial charge in [0.25, 0.3) is 0 Å². The van der Waals surface area contributed by atoms with E-state index >= 15 is 0 Å². The summed E-state index contributed by atoms with van der Waals surface area (Å²) in [4.78, 5) is 38.4. The van der Waals surface area contributed by atoms with Crippen LogP contribution in [0.5, 0.6) is 0 Å². The van der Waals surface area contributed by atoms with E-state index in [9.17, 15) is 19.5 Å². The third kappa shape index (κ3) is 9.41. The minimum absolute atomic E-state index is 0.00174. The second-order valence-corrected chi connectivity index (χ2v) is 11.5. The molecule has 2 aliphatic rings. The van der Waals surface area contributed by atoms with Gasteiger partial charge in [-0.15, -0.1) is 0 Å². The lowest BCUT2D eigenvalue weighted by Gasteiger charge is -2.30. The van der Waals surface area contributed by atoms with Crippen LogP contribution in [0, 0.1) is 11.8 Å². The Hall–Kier alpha value is -3.67. The van der Waals surface area contributed by atoms with Gasteiger partial charge in [-0.1, -0.05) is 74.5 Å². The average molecular weight is 598 g/mol. The van der Waals surface area contributed by atoms with E-state index in [2.05, 4.69) is 16.0 Å². The monoisotopic (exact) mass is 597 g/mol. The van der Waals surface area contributed by atoms with Crippen LogP contribution >= 0.6 is 0 Å². The number of benzene rings is 2. The van der Waals surface area contributed by atoms with Gasteiger partial charge in [0, 0.05) is 6.04 Å². The second kappa shape index (κ2) is 15.7. The number of hydrogen-bond acceptors (Lipinski definition) is 8. The number of alkyl carbamates (subject to hydrolysis) is 2. The minimum Gasteiger partial charge on any atom is -0.453 e. The standard InChI is InChI=1S/C32H43N3O8/c1-20(2)28(35-31(38)40-3)29(37)34-25(17-22-12-8-5-9-13-22)26(36)18-23(16-21-10-6-4-7-11-21)33-32(39)43-27-19-42-30-24(27)14-15-41-30/h4-13,20,23-28,30,36H,14-19H2,1-3H3,(H,33,39)(H,34,37)(H,35,38)/t23-,24-,25-,26-,27-,28-,30+/m0/s1. The van der Waals surface area contributed by atoms with Crippen LogP contribution in [0.3, 0.4) is 0 Å². The summed E-state index contributed by atoms with van der Waals surface area (Å²) in [6.45, 7) is 4.46. The molecule has 4 rings (SSSR count). The molecule has 2 aromatic rings. The third-order valence-electron chi connectivity index (χ3n) is 7.91. The topological polar surface area (TPSA) is 144 Å². The fourth-order valence-corrected chi connectivity index (χ4v) is 5.58. The molecule has 0 unspecified atom stereocenters. The minimum atomic E-state index is -1.05. The number of fused-ring (bicyclic) bond motifs is 1. The molecular weight excluding hydrogens is 554 g/mol. The van der Waals surface area contributed by atoms with Gasteiger partial charge in [0.2, 0.25) is 5.91 Å². The number of aliphatic hydroxyl groups excluding tert-OH is 1.